The summed E-state index contributed by atoms with van der Waals surface area (Å²) in [7, 11) is 0. The first-order chi connectivity index (χ1) is 6.27. The third-order valence-electron chi connectivity index (χ3n) is 1.83. The average molecular weight is 294 g/mol. The maximum Gasteiger partial charge on any atom is 0.186 e. The molecule has 1 aromatic rings. The van der Waals surface area contributed by atoms with Gasteiger partial charge in [0.15, 0.2) is 6.29 Å². The van der Waals surface area contributed by atoms with Crippen LogP contribution in [0.3, 0.4) is 0 Å². The number of hydrogen-bond acceptors (Lipinski definition) is 2. The van der Waals surface area contributed by atoms with Crippen LogP contribution in [-0.4, -0.2) is 13.2 Å². The number of benzene rings is 1. The van der Waals surface area contributed by atoms with Gasteiger partial charge in [-0.15, -0.1) is 0 Å². The van der Waals surface area contributed by atoms with E-state index in [4.69, 9.17) is 9.47 Å². The van der Waals surface area contributed by atoms with Gasteiger partial charge < -0.3 is 9.47 Å². The third kappa shape index (κ3) is 2.00. The second-order valence-electron chi connectivity index (χ2n) is 2.74. The Balaban J connectivity index is 2.32. The second kappa shape index (κ2) is 3.89. The fourth-order valence-corrected chi connectivity index (χ4v) is 1.75. The largest absolute Gasteiger partial charge is 0.346 e. The van der Waals surface area contributed by atoms with Gasteiger partial charge in [0.05, 0.1) is 13.2 Å². The van der Waals surface area contributed by atoms with E-state index in [9.17, 15) is 4.39 Å². The van der Waals surface area contributed by atoms with E-state index in [0.29, 0.717) is 18.8 Å². The van der Waals surface area contributed by atoms with E-state index in [-0.39, 0.29) is 5.82 Å². The first kappa shape index (κ1) is 9.36. The zero-order valence-electron chi connectivity index (χ0n) is 6.80. The highest BCUT2D eigenvalue weighted by Gasteiger charge is 2.21. The van der Waals surface area contributed by atoms with Gasteiger partial charge in [0.2, 0.25) is 0 Å². The molecular formula is C9H8FIO2. The van der Waals surface area contributed by atoms with Crippen molar-refractivity contribution in [3.05, 3.63) is 33.1 Å². The molecule has 4 heteroatoms. The molecule has 70 valence electrons. The SMILES string of the molecule is Fc1ccc(I)cc1C1OCCO1. The lowest BCUT2D eigenvalue weighted by molar-refractivity contribution is -0.0465. The van der Waals surface area contributed by atoms with E-state index in [1.165, 1.54) is 6.07 Å². The zero-order chi connectivity index (χ0) is 9.26. The van der Waals surface area contributed by atoms with Gasteiger partial charge in [-0.25, -0.2) is 4.39 Å². The fraction of sp³-hybridized carbons (Fsp3) is 0.333. The van der Waals surface area contributed by atoms with Gasteiger partial charge in [-0.2, -0.15) is 0 Å². The quantitative estimate of drug-likeness (QED) is 0.741. The lowest BCUT2D eigenvalue weighted by Crippen LogP contribution is -2.01. The Labute approximate surface area is 89.2 Å². The lowest BCUT2D eigenvalue weighted by Gasteiger charge is -2.10. The van der Waals surface area contributed by atoms with Gasteiger partial charge in [0.1, 0.15) is 5.82 Å². The van der Waals surface area contributed by atoms with Crippen molar-refractivity contribution >= 4 is 22.6 Å². The van der Waals surface area contributed by atoms with Gasteiger partial charge in [-0.1, -0.05) is 0 Å². The van der Waals surface area contributed by atoms with Crippen molar-refractivity contribution in [3.8, 4) is 0 Å². The Kier molecular flexibility index (Phi) is 2.80. The van der Waals surface area contributed by atoms with E-state index in [1.807, 2.05) is 0 Å². The van der Waals surface area contributed by atoms with E-state index >= 15 is 0 Å². The van der Waals surface area contributed by atoms with Crippen LogP contribution in [0.25, 0.3) is 0 Å². The highest BCUT2D eigenvalue weighted by atomic mass is 127. The molecule has 0 bridgehead atoms. The molecule has 1 fully saturated rings. The van der Waals surface area contributed by atoms with Crippen LogP contribution in [0.2, 0.25) is 0 Å². The predicted octanol–water partition coefficient (Wildman–Crippen LogP) is 2.48. The van der Waals surface area contributed by atoms with Gasteiger partial charge in [0, 0.05) is 9.13 Å². The monoisotopic (exact) mass is 294 g/mol. The summed E-state index contributed by atoms with van der Waals surface area (Å²) < 4.78 is 24.7. The highest BCUT2D eigenvalue weighted by molar-refractivity contribution is 14.1. The summed E-state index contributed by atoms with van der Waals surface area (Å²) in [6.45, 7) is 1.07. The molecule has 0 atom stereocenters. The van der Waals surface area contributed by atoms with E-state index in [2.05, 4.69) is 22.6 Å². The summed E-state index contributed by atoms with van der Waals surface area (Å²) in [5.41, 5.74) is 0.490. The molecule has 2 rings (SSSR count). The van der Waals surface area contributed by atoms with Crippen LogP contribution in [-0.2, 0) is 9.47 Å². The minimum Gasteiger partial charge on any atom is -0.346 e. The van der Waals surface area contributed by atoms with Crippen LogP contribution in [0.15, 0.2) is 18.2 Å². The first-order valence-corrected chi connectivity index (χ1v) is 5.03. The maximum atomic E-state index is 13.3. The molecule has 1 aliphatic heterocycles. The van der Waals surface area contributed by atoms with E-state index in [0.717, 1.165) is 3.57 Å². The Morgan fingerprint density at radius 3 is 2.69 bits per heavy atom. The van der Waals surface area contributed by atoms with Crippen LogP contribution in [0.4, 0.5) is 4.39 Å². The average Bonchev–Trinajstić information content (AvgIpc) is 2.61. The smallest absolute Gasteiger partial charge is 0.186 e. The van der Waals surface area contributed by atoms with Crippen molar-refractivity contribution in [3.63, 3.8) is 0 Å². The van der Waals surface area contributed by atoms with Crippen LogP contribution < -0.4 is 0 Å². The van der Waals surface area contributed by atoms with Crippen LogP contribution in [0, 0.1) is 9.39 Å². The van der Waals surface area contributed by atoms with Gasteiger partial charge in [-0.3, -0.25) is 0 Å². The van der Waals surface area contributed by atoms with Crippen LogP contribution in [0.5, 0.6) is 0 Å². The highest BCUT2D eigenvalue weighted by Crippen LogP contribution is 2.26. The molecule has 0 unspecified atom stereocenters. The minimum absolute atomic E-state index is 0.271. The molecule has 1 aromatic carbocycles. The summed E-state index contributed by atoms with van der Waals surface area (Å²) >= 11 is 2.13. The molecule has 0 radical (unpaired) electrons. The van der Waals surface area contributed by atoms with Crippen molar-refractivity contribution in [2.45, 2.75) is 6.29 Å². The fourth-order valence-electron chi connectivity index (χ4n) is 1.23. The van der Waals surface area contributed by atoms with Crippen molar-refractivity contribution in [1.29, 1.82) is 0 Å². The van der Waals surface area contributed by atoms with Crippen molar-refractivity contribution in [1.82, 2.24) is 0 Å². The molecule has 13 heavy (non-hydrogen) atoms. The van der Waals surface area contributed by atoms with E-state index in [1.54, 1.807) is 12.1 Å². The summed E-state index contributed by atoms with van der Waals surface area (Å²) in [5.74, 6) is -0.271. The second-order valence-corrected chi connectivity index (χ2v) is 3.98. The number of ether oxygens (including phenoxy) is 2. The molecule has 0 aromatic heterocycles. The molecule has 0 spiro atoms. The zero-order valence-corrected chi connectivity index (χ0v) is 8.95. The van der Waals surface area contributed by atoms with Gasteiger partial charge >= 0.3 is 0 Å². The van der Waals surface area contributed by atoms with Gasteiger partial charge in [-0.05, 0) is 40.8 Å². The Hall–Kier alpha value is -0.200. The first-order valence-electron chi connectivity index (χ1n) is 3.95. The third-order valence-corrected chi connectivity index (χ3v) is 2.50. The molecule has 1 aliphatic rings. The molecular weight excluding hydrogens is 286 g/mol. The normalized spacial score (nSPS) is 18.0. The number of hydrogen-bond donors (Lipinski definition) is 0. The Morgan fingerprint density at radius 2 is 2.00 bits per heavy atom. The molecule has 0 amide bonds. The summed E-state index contributed by atoms with van der Waals surface area (Å²) in [4.78, 5) is 0. The standard InChI is InChI=1S/C9H8FIO2/c10-8-2-1-6(11)5-7(8)9-12-3-4-13-9/h1-2,5,9H,3-4H2. The van der Waals surface area contributed by atoms with Crippen LogP contribution >= 0.6 is 22.6 Å². The number of rotatable bonds is 1. The lowest BCUT2D eigenvalue weighted by atomic mass is 10.2. The molecule has 1 saturated heterocycles. The maximum absolute atomic E-state index is 13.3. The topological polar surface area (TPSA) is 18.5 Å². The van der Waals surface area contributed by atoms with Crippen LogP contribution in [0.1, 0.15) is 11.9 Å². The molecule has 0 N–H and O–H groups in total. The number of halogens is 2. The van der Waals surface area contributed by atoms with E-state index < -0.39 is 6.29 Å². The minimum atomic E-state index is -0.519. The summed E-state index contributed by atoms with van der Waals surface area (Å²) in [5, 5.41) is 0. The molecule has 1 heterocycles. The van der Waals surface area contributed by atoms with Crippen molar-refractivity contribution < 1.29 is 13.9 Å². The molecule has 2 nitrogen and oxygen atoms in total. The Bertz CT molecular complexity index is 310. The Morgan fingerprint density at radius 1 is 1.31 bits per heavy atom. The van der Waals surface area contributed by atoms with Crippen molar-refractivity contribution in [2.75, 3.05) is 13.2 Å². The van der Waals surface area contributed by atoms with Gasteiger partial charge in [0.25, 0.3) is 0 Å². The molecule has 0 saturated carbocycles. The predicted molar refractivity (Wildman–Crippen MR) is 53.8 cm³/mol. The summed E-state index contributed by atoms with van der Waals surface area (Å²) in [6.07, 6.45) is -0.519. The molecule has 0 aliphatic carbocycles. The van der Waals surface area contributed by atoms with Crippen molar-refractivity contribution in [2.24, 2.45) is 0 Å². The summed E-state index contributed by atoms with van der Waals surface area (Å²) in [6, 6.07) is 4.89.